The van der Waals surface area contributed by atoms with E-state index in [-0.39, 0.29) is 17.8 Å². The van der Waals surface area contributed by atoms with Gasteiger partial charge in [-0.3, -0.25) is 4.79 Å². The molecule has 2 unspecified atom stereocenters. The van der Waals surface area contributed by atoms with Gasteiger partial charge in [0, 0.05) is 41.7 Å². The first-order valence-corrected chi connectivity index (χ1v) is 9.43. The van der Waals surface area contributed by atoms with Crippen LogP contribution in [0, 0.1) is 11.6 Å². The van der Waals surface area contributed by atoms with E-state index in [4.69, 9.17) is 4.74 Å². The number of ether oxygens (including phenoxy) is 1. The summed E-state index contributed by atoms with van der Waals surface area (Å²) in [6.45, 7) is 2.85. The molecular weight excluding hydrogens is 378 g/mol. The molecule has 4 rings (SSSR count). The Morgan fingerprint density at radius 3 is 2.62 bits per heavy atom. The summed E-state index contributed by atoms with van der Waals surface area (Å²) < 4.78 is 34.3. The number of halogens is 2. The third kappa shape index (κ3) is 3.81. The SMILES string of the molecule is CCn1c(C2CC(NC(=O)c3cc(F)cc(F)c3)NN2)cc2ccc(OC)cc21. The fourth-order valence-electron chi connectivity index (χ4n) is 3.80. The second-order valence-corrected chi connectivity index (χ2v) is 7.00. The van der Waals surface area contributed by atoms with Gasteiger partial charge in [0.05, 0.1) is 24.8 Å². The summed E-state index contributed by atoms with van der Waals surface area (Å²) in [4.78, 5) is 12.4. The number of hydrazine groups is 1. The van der Waals surface area contributed by atoms with E-state index in [0.717, 1.165) is 47.1 Å². The summed E-state index contributed by atoms with van der Waals surface area (Å²) >= 11 is 0. The highest BCUT2D eigenvalue weighted by atomic mass is 19.1. The van der Waals surface area contributed by atoms with Gasteiger partial charge in [0.2, 0.25) is 0 Å². The average molecular weight is 400 g/mol. The molecule has 0 radical (unpaired) electrons. The minimum Gasteiger partial charge on any atom is -0.497 e. The zero-order chi connectivity index (χ0) is 20.5. The van der Waals surface area contributed by atoms with Crippen LogP contribution in [0.3, 0.4) is 0 Å². The van der Waals surface area contributed by atoms with E-state index in [1.54, 1.807) is 7.11 Å². The van der Waals surface area contributed by atoms with Crippen LogP contribution in [0.1, 0.15) is 35.4 Å². The molecule has 3 aromatic rings. The van der Waals surface area contributed by atoms with Crippen LogP contribution in [0.25, 0.3) is 10.9 Å². The van der Waals surface area contributed by atoms with E-state index in [0.29, 0.717) is 6.42 Å². The van der Waals surface area contributed by atoms with Gasteiger partial charge in [0.15, 0.2) is 0 Å². The number of aryl methyl sites for hydroxylation is 1. The molecule has 152 valence electrons. The molecule has 1 saturated heterocycles. The summed E-state index contributed by atoms with van der Waals surface area (Å²) in [6.07, 6.45) is 0.202. The molecule has 1 aromatic heterocycles. The summed E-state index contributed by atoms with van der Waals surface area (Å²) in [7, 11) is 1.64. The van der Waals surface area contributed by atoms with E-state index in [1.165, 1.54) is 0 Å². The minimum atomic E-state index is -0.784. The standard InChI is InChI=1S/C21H22F2N4O2/c1-3-27-18-10-16(29-2)5-4-12(18)8-19(27)17-11-20(26-25-17)24-21(28)13-6-14(22)9-15(23)7-13/h4-10,17,20,25-26H,3,11H2,1-2H3,(H,24,28). The lowest BCUT2D eigenvalue weighted by Gasteiger charge is -2.14. The van der Waals surface area contributed by atoms with Gasteiger partial charge in [-0.1, -0.05) is 0 Å². The Morgan fingerprint density at radius 1 is 1.17 bits per heavy atom. The predicted octanol–water partition coefficient (Wildman–Crippen LogP) is 3.24. The van der Waals surface area contributed by atoms with Crippen molar-refractivity contribution in [2.45, 2.75) is 32.1 Å². The summed E-state index contributed by atoms with van der Waals surface area (Å²) in [5, 5.41) is 3.87. The topological polar surface area (TPSA) is 67.3 Å². The van der Waals surface area contributed by atoms with Gasteiger partial charge in [-0.25, -0.2) is 19.6 Å². The molecule has 2 heterocycles. The van der Waals surface area contributed by atoms with Crippen molar-refractivity contribution in [3.05, 3.63) is 65.4 Å². The van der Waals surface area contributed by atoms with Crippen molar-refractivity contribution in [2.75, 3.05) is 7.11 Å². The van der Waals surface area contributed by atoms with Gasteiger partial charge in [0.25, 0.3) is 5.91 Å². The molecule has 1 aliphatic rings. The summed E-state index contributed by atoms with van der Waals surface area (Å²) in [5.41, 5.74) is 8.35. The van der Waals surface area contributed by atoms with Gasteiger partial charge < -0.3 is 14.6 Å². The van der Waals surface area contributed by atoms with Crippen molar-refractivity contribution in [1.29, 1.82) is 0 Å². The van der Waals surface area contributed by atoms with Crippen LogP contribution in [-0.2, 0) is 6.54 Å². The van der Waals surface area contributed by atoms with Crippen LogP contribution >= 0.6 is 0 Å². The van der Waals surface area contributed by atoms with Crippen LogP contribution in [0.2, 0.25) is 0 Å². The Morgan fingerprint density at radius 2 is 1.93 bits per heavy atom. The highest BCUT2D eigenvalue weighted by Gasteiger charge is 2.29. The number of carbonyl (C=O) groups is 1. The number of nitrogens with one attached hydrogen (secondary N) is 3. The lowest BCUT2D eigenvalue weighted by molar-refractivity contribution is 0.0931. The lowest BCUT2D eigenvalue weighted by Crippen LogP contribution is -2.44. The van der Waals surface area contributed by atoms with Gasteiger partial charge in [-0.15, -0.1) is 0 Å². The molecule has 1 fully saturated rings. The van der Waals surface area contributed by atoms with Crippen LogP contribution in [0.15, 0.2) is 42.5 Å². The Hall–Kier alpha value is -2.97. The summed E-state index contributed by atoms with van der Waals surface area (Å²) in [6, 6.07) is 10.8. The zero-order valence-corrected chi connectivity index (χ0v) is 16.1. The molecule has 0 saturated carbocycles. The number of benzene rings is 2. The number of methoxy groups -OCH3 is 1. The van der Waals surface area contributed by atoms with E-state index >= 15 is 0 Å². The van der Waals surface area contributed by atoms with Crippen molar-refractivity contribution in [2.24, 2.45) is 0 Å². The van der Waals surface area contributed by atoms with E-state index in [1.807, 2.05) is 18.2 Å². The lowest BCUT2D eigenvalue weighted by atomic mass is 10.1. The number of fused-ring (bicyclic) bond motifs is 1. The Balaban J connectivity index is 1.51. The number of carbonyl (C=O) groups excluding carboxylic acids is 1. The van der Waals surface area contributed by atoms with E-state index < -0.39 is 17.5 Å². The van der Waals surface area contributed by atoms with E-state index in [2.05, 4.69) is 33.7 Å². The smallest absolute Gasteiger partial charge is 0.252 e. The quantitative estimate of drug-likeness (QED) is 0.615. The maximum absolute atomic E-state index is 13.4. The maximum atomic E-state index is 13.4. The second kappa shape index (κ2) is 7.81. The molecule has 2 atom stereocenters. The van der Waals surface area contributed by atoms with Crippen LogP contribution < -0.4 is 20.9 Å². The Kier molecular flexibility index (Phi) is 5.21. The van der Waals surface area contributed by atoms with Crippen molar-refractivity contribution in [1.82, 2.24) is 20.7 Å². The molecule has 29 heavy (non-hydrogen) atoms. The Labute approximate surface area is 166 Å². The molecular formula is C21H22F2N4O2. The van der Waals surface area contributed by atoms with Crippen molar-refractivity contribution < 1.29 is 18.3 Å². The second-order valence-electron chi connectivity index (χ2n) is 7.00. The third-order valence-electron chi connectivity index (χ3n) is 5.15. The summed E-state index contributed by atoms with van der Waals surface area (Å²) in [5.74, 6) is -1.31. The Bertz CT molecular complexity index is 1050. The number of hydrogen-bond donors (Lipinski definition) is 3. The first-order valence-electron chi connectivity index (χ1n) is 9.43. The van der Waals surface area contributed by atoms with Crippen LogP contribution in [-0.4, -0.2) is 23.7 Å². The molecule has 0 aliphatic carbocycles. The maximum Gasteiger partial charge on any atom is 0.252 e. The molecule has 8 heteroatoms. The van der Waals surface area contributed by atoms with Crippen molar-refractivity contribution in [3.63, 3.8) is 0 Å². The fourth-order valence-corrected chi connectivity index (χ4v) is 3.80. The number of aromatic nitrogens is 1. The van der Waals surface area contributed by atoms with Gasteiger partial charge >= 0.3 is 0 Å². The third-order valence-corrected chi connectivity index (χ3v) is 5.15. The minimum absolute atomic E-state index is 0.0390. The van der Waals surface area contributed by atoms with Crippen LogP contribution in [0.5, 0.6) is 5.75 Å². The average Bonchev–Trinajstić information content (AvgIpc) is 3.30. The number of hydrogen-bond acceptors (Lipinski definition) is 4. The van der Waals surface area contributed by atoms with Gasteiger partial charge in [0.1, 0.15) is 17.4 Å². The molecule has 6 nitrogen and oxygen atoms in total. The normalized spacial score (nSPS) is 18.9. The zero-order valence-electron chi connectivity index (χ0n) is 16.1. The molecule has 0 spiro atoms. The highest BCUT2D eigenvalue weighted by molar-refractivity contribution is 5.94. The first-order chi connectivity index (χ1) is 14.0. The van der Waals surface area contributed by atoms with Gasteiger partial charge in [-0.05, 0) is 37.3 Å². The molecule has 1 aliphatic heterocycles. The first kappa shape index (κ1) is 19.4. The molecule has 2 aromatic carbocycles. The van der Waals surface area contributed by atoms with Crippen LogP contribution in [0.4, 0.5) is 8.78 Å². The highest BCUT2D eigenvalue weighted by Crippen LogP contribution is 2.30. The molecule has 3 N–H and O–H groups in total. The van der Waals surface area contributed by atoms with Crippen molar-refractivity contribution >= 4 is 16.8 Å². The number of nitrogens with zero attached hydrogens (tertiary/aromatic N) is 1. The number of amides is 1. The van der Waals surface area contributed by atoms with E-state index in [9.17, 15) is 13.6 Å². The van der Waals surface area contributed by atoms with Crippen molar-refractivity contribution in [3.8, 4) is 5.75 Å². The monoisotopic (exact) mass is 400 g/mol. The molecule has 1 amide bonds. The largest absolute Gasteiger partial charge is 0.497 e. The number of rotatable bonds is 5. The predicted molar refractivity (Wildman–Crippen MR) is 105 cm³/mol. The molecule has 0 bridgehead atoms. The fraction of sp³-hybridized carbons (Fsp3) is 0.286. The van der Waals surface area contributed by atoms with Gasteiger partial charge in [-0.2, -0.15) is 0 Å².